The third kappa shape index (κ3) is 1.18. The largest absolute Gasteiger partial charge is 0.461 e. The smallest absolute Gasteiger partial charge is 0.203 e. The van der Waals surface area contributed by atoms with Crippen molar-refractivity contribution >= 4 is 16.5 Å². The maximum Gasteiger partial charge on any atom is 0.203 e. The van der Waals surface area contributed by atoms with Crippen LogP contribution in [0.5, 0.6) is 0 Å². The first-order valence-electron chi connectivity index (χ1n) is 3.40. The number of rotatable bonds is 1. The highest BCUT2D eigenvalue weighted by molar-refractivity contribution is 7.18. The first-order chi connectivity index (χ1) is 5.75. The number of nitrogens with two attached hydrogens (primary N) is 1. The lowest BCUT2D eigenvalue weighted by atomic mass is 10.3. The molecule has 5 heteroatoms. The zero-order valence-corrected chi connectivity index (χ0v) is 7.26. The highest BCUT2D eigenvalue weighted by Gasteiger charge is 2.07. The molecule has 2 aromatic rings. The van der Waals surface area contributed by atoms with Crippen molar-refractivity contribution in [2.45, 2.75) is 6.92 Å². The molecule has 4 nitrogen and oxygen atoms in total. The molecule has 0 amide bonds. The molecule has 0 saturated heterocycles. The molecule has 2 N–H and O–H groups in total. The SMILES string of the molecule is Cc1coc(-c2nnc(N)s2)c1. The van der Waals surface area contributed by atoms with Gasteiger partial charge in [-0.25, -0.2) is 0 Å². The Morgan fingerprint density at radius 3 is 2.83 bits per heavy atom. The van der Waals surface area contributed by atoms with Crippen LogP contribution in [0, 0.1) is 6.92 Å². The van der Waals surface area contributed by atoms with Crippen LogP contribution in [0.1, 0.15) is 5.56 Å². The van der Waals surface area contributed by atoms with Crippen LogP contribution in [0.25, 0.3) is 10.8 Å². The van der Waals surface area contributed by atoms with Crippen LogP contribution in [0.15, 0.2) is 16.7 Å². The van der Waals surface area contributed by atoms with E-state index >= 15 is 0 Å². The van der Waals surface area contributed by atoms with Crippen LogP contribution in [-0.2, 0) is 0 Å². The summed E-state index contributed by atoms with van der Waals surface area (Å²) < 4.78 is 5.22. The van der Waals surface area contributed by atoms with Gasteiger partial charge in [0, 0.05) is 0 Å². The predicted molar refractivity (Wildman–Crippen MR) is 46.8 cm³/mol. The van der Waals surface area contributed by atoms with Gasteiger partial charge in [0.1, 0.15) is 0 Å². The van der Waals surface area contributed by atoms with Gasteiger partial charge in [-0.3, -0.25) is 0 Å². The van der Waals surface area contributed by atoms with E-state index in [2.05, 4.69) is 10.2 Å². The molecule has 0 atom stereocenters. The normalized spacial score (nSPS) is 10.4. The summed E-state index contributed by atoms with van der Waals surface area (Å²) in [6.45, 7) is 1.96. The summed E-state index contributed by atoms with van der Waals surface area (Å²) >= 11 is 1.32. The monoisotopic (exact) mass is 181 g/mol. The van der Waals surface area contributed by atoms with Crippen molar-refractivity contribution in [3.63, 3.8) is 0 Å². The van der Waals surface area contributed by atoms with E-state index < -0.39 is 0 Å². The van der Waals surface area contributed by atoms with Crippen molar-refractivity contribution in [1.29, 1.82) is 0 Å². The Kier molecular flexibility index (Phi) is 1.58. The summed E-state index contributed by atoms with van der Waals surface area (Å²) in [5, 5.41) is 8.72. The third-order valence-corrected chi connectivity index (χ3v) is 2.15. The first kappa shape index (κ1) is 7.30. The number of nitrogens with zero attached hydrogens (tertiary/aromatic N) is 2. The molecule has 0 radical (unpaired) electrons. The molecule has 0 bridgehead atoms. The Morgan fingerprint density at radius 2 is 2.33 bits per heavy atom. The minimum atomic E-state index is 0.457. The minimum Gasteiger partial charge on any atom is -0.461 e. The van der Waals surface area contributed by atoms with Gasteiger partial charge < -0.3 is 10.2 Å². The van der Waals surface area contributed by atoms with Gasteiger partial charge in [-0.1, -0.05) is 11.3 Å². The lowest BCUT2D eigenvalue weighted by molar-refractivity contribution is 0.579. The van der Waals surface area contributed by atoms with Gasteiger partial charge in [-0.2, -0.15) is 0 Å². The summed E-state index contributed by atoms with van der Waals surface area (Å²) in [6.07, 6.45) is 1.67. The molecule has 2 rings (SSSR count). The van der Waals surface area contributed by atoms with Gasteiger partial charge in [0.2, 0.25) is 5.13 Å². The van der Waals surface area contributed by atoms with E-state index in [-0.39, 0.29) is 0 Å². The third-order valence-electron chi connectivity index (χ3n) is 1.38. The molecular formula is C7H7N3OS. The van der Waals surface area contributed by atoms with Crippen molar-refractivity contribution in [3.8, 4) is 10.8 Å². The van der Waals surface area contributed by atoms with Crippen molar-refractivity contribution in [2.75, 3.05) is 5.73 Å². The van der Waals surface area contributed by atoms with Gasteiger partial charge in [0.25, 0.3) is 0 Å². The number of aromatic nitrogens is 2. The van der Waals surface area contributed by atoms with Crippen LogP contribution in [0.2, 0.25) is 0 Å². The van der Waals surface area contributed by atoms with Crippen molar-refractivity contribution in [1.82, 2.24) is 10.2 Å². The molecule has 62 valence electrons. The summed E-state index contributed by atoms with van der Waals surface area (Å²) in [6, 6.07) is 1.90. The zero-order chi connectivity index (χ0) is 8.55. The van der Waals surface area contributed by atoms with E-state index in [1.807, 2.05) is 13.0 Å². The molecule has 0 unspecified atom stereocenters. The highest BCUT2D eigenvalue weighted by atomic mass is 32.1. The first-order valence-corrected chi connectivity index (χ1v) is 4.22. The second kappa shape index (κ2) is 2.60. The molecule has 0 fully saturated rings. The van der Waals surface area contributed by atoms with Crippen LogP contribution in [-0.4, -0.2) is 10.2 Å². The van der Waals surface area contributed by atoms with Gasteiger partial charge in [0.05, 0.1) is 6.26 Å². The van der Waals surface area contributed by atoms with Gasteiger partial charge in [-0.15, -0.1) is 10.2 Å². The van der Waals surface area contributed by atoms with Crippen molar-refractivity contribution < 1.29 is 4.42 Å². The average Bonchev–Trinajstić information content (AvgIpc) is 2.58. The number of hydrogen-bond acceptors (Lipinski definition) is 5. The van der Waals surface area contributed by atoms with Crippen molar-refractivity contribution in [3.05, 3.63) is 17.9 Å². The quantitative estimate of drug-likeness (QED) is 0.727. The fourth-order valence-electron chi connectivity index (χ4n) is 0.878. The predicted octanol–water partition coefficient (Wildman–Crippen LogP) is 1.69. The van der Waals surface area contributed by atoms with Crippen LogP contribution < -0.4 is 5.73 Å². The van der Waals surface area contributed by atoms with E-state index in [1.54, 1.807) is 6.26 Å². The molecule has 0 saturated carbocycles. The average molecular weight is 181 g/mol. The molecule has 12 heavy (non-hydrogen) atoms. The molecule has 2 heterocycles. The van der Waals surface area contributed by atoms with Gasteiger partial charge in [-0.05, 0) is 18.6 Å². The molecule has 0 aliphatic carbocycles. The Balaban J connectivity index is 2.43. The second-order valence-electron chi connectivity index (χ2n) is 2.43. The van der Waals surface area contributed by atoms with Crippen LogP contribution >= 0.6 is 11.3 Å². The number of furan rings is 1. The second-order valence-corrected chi connectivity index (χ2v) is 3.44. The van der Waals surface area contributed by atoms with Crippen LogP contribution in [0.4, 0.5) is 5.13 Å². The van der Waals surface area contributed by atoms with Crippen molar-refractivity contribution in [2.24, 2.45) is 0 Å². The Hall–Kier alpha value is -1.36. The van der Waals surface area contributed by atoms with E-state index in [0.717, 1.165) is 16.3 Å². The maximum absolute atomic E-state index is 5.43. The summed E-state index contributed by atoms with van der Waals surface area (Å²) in [4.78, 5) is 0. The number of anilines is 1. The van der Waals surface area contributed by atoms with E-state index in [0.29, 0.717) is 5.13 Å². The van der Waals surface area contributed by atoms with E-state index in [9.17, 15) is 0 Å². The number of nitrogen functional groups attached to an aromatic ring is 1. The van der Waals surface area contributed by atoms with E-state index in [1.165, 1.54) is 11.3 Å². The van der Waals surface area contributed by atoms with E-state index in [4.69, 9.17) is 10.2 Å². The van der Waals surface area contributed by atoms with Gasteiger partial charge in [0.15, 0.2) is 10.8 Å². The minimum absolute atomic E-state index is 0.457. The lowest BCUT2D eigenvalue weighted by Crippen LogP contribution is -1.79. The van der Waals surface area contributed by atoms with Crippen LogP contribution in [0.3, 0.4) is 0 Å². The molecule has 0 spiro atoms. The van der Waals surface area contributed by atoms with Gasteiger partial charge >= 0.3 is 0 Å². The molecule has 0 aromatic carbocycles. The molecule has 2 aromatic heterocycles. The standard InChI is InChI=1S/C7H7N3OS/c1-4-2-5(11-3-4)6-9-10-7(8)12-6/h2-3H,1H3,(H2,8,10). The summed E-state index contributed by atoms with van der Waals surface area (Å²) in [7, 11) is 0. The zero-order valence-electron chi connectivity index (χ0n) is 6.44. The molecule has 0 aliphatic rings. The Bertz CT molecular complexity index is 355. The number of aryl methyl sites for hydroxylation is 1. The topological polar surface area (TPSA) is 64.9 Å². The fraction of sp³-hybridized carbons (Fsp3) is 0.143. The summed E-state index contributed by atoms with van der Waals surface area (Å²) in [5.41, 5.74) is 6.49. The Morgan fingerprint density at radius 1 is 1.50 bits per heavy atom. The highest BCUT2D eigenvalue weighted by Crippen LogP contribution is 2.25. The number of hydrogen-bond donors (Lipinski definition) is 1. The fourth-order valence-corrected chi connectivity index (χ4v) is 1.45. The maximum atomic E-state index is 5.43. The molecule has 0 aliphatic heterocycles. The Labute approximate surface area is 73.0 Å². The summed E-state index contributed by atoms with van der Waals surface area (Å²) in [5.74, 6) is 0.724. The molecular weight excluding hydrogens is 174 g/mol. The lowest BCUT2D eigenvalue weighted by Gasteiger charge is -1.82.